The molecule has 1 saturated heterocycles. The molecule has 0 aliphatic carbocycles. The lowest BCUT2D eigenvalue weighted by Gasteiger charge is -2.39. The van der Waals surface area contributed by atoms with E-state index in [0.717, 1.165) is 5.01 Å². The first-order valence-electron chi connectivity index (χ1n) is 5.10. The van der Waals surface area contributed by atoms with Gasteiger partial charge in [-0.25, -0.2) is 0 Å². The van der Waals surface area contributed by atoms with Crippen molar-refractivity contribution in [1.82, 2.24) is 9.91 Å². The van der Waals surface area contributed by atoms with Crippen molar-refractivity contribution in [2.75, 3.05) is 26.2 Å². The van der Waals surface area contributed by atoms with Crippen LogP contribution in [0.3, 0.4) is 0 Å². The number of carbonyl (C=O) groups is 1. The van der Waals surface area contributed by atoms with Gasteiger partial charge in [0.15, 0.2) is 6.04 Å². The fourth-order valence-corrected chi connectivity index (χ4v) is 2.02. The van der Waals surface area contributed by atoms with Crippen LogP contribution in [-0.2, 0) is 4.79 Å². The van der Waals surface area contributed by atoms with Crippen molar-refractivity contribution >= 4 is 6.29 Å². The van der Waals surface area contributed by atoms with Gasteiger partial charge in [-0.3, -0.25) is 4.90 Å². The van der Waals surface area contributed by atoms with Gasteiger partial charge in [-0.2, -0.15) is 0 Å². The Bertz CT molecular complexity index is 272. The second-order valence-corrected chi connectivity index (χ2v) is 3.82. The number of carbonyl (C=O) groups excluding carboxylic acids is 1. The van der Waals surface area contributed by atoms with Crippen molar-refractivity contribution < 1.29 is 9.76 Å². The van der Waals surface area contributed by atoms with Gasteiger partial charge in [0, 0.05) is 31.1 Å². The van der Waals surface area contributed by atoms with Gasteiger partial charge in [0.05, 0.1) is 6.04 Å². The zero-order chi connectivity index (χ0) is 12.1. The predicted octanol–water partition coefficient (Wildman–Crippen LogP) is -1.11. The summed E-state index contributed by atoms with van der Waals surface area (Å²) in [7, 11) is 0. The summed E-state index contributed by atoms with van der Waals surface area (Å²) in [5.74, 6) is 0. The summed E-state index contributed by atoms with van der Waals surface area (Å²) in [5.41, 5.74) is 5.43. The molecular weight excluding hydrogens is 214 g/mol. The summed E-state index contributed by atoms with van der Waals surface area (Å²) in [5, 5.41) is 24.8. The number of nitrogens with two attached hydrogens (primary N) is 1. The van der Waals surface area contributed by atoms with Crippen molar-refractivity contribution in [3.05, 3.63) is 10.4 Å². The van der Waals surface area contributed by atoms with Crippen LogP contribution in [0.25, 0.3) is 0 Å². The summed E-state index contributed by atoms with van der Waals surface area (Å²) in [6, 6.07) is -0.892. The molecule has 16 heavy (non-hydrogen) atoms. The molecule has 8 heteroatoms. The van der Waals surface area contributed by atoms with E-state index in [1.165, 1.54) is 0 Å². The van der Waals surface area contributed by atoms with Crippen molar-refractivity contribution in [3.8, 4) is 0 Å². The summed E-state index contributed by atoms with van der Waals surface area (Å²) in [6.07, 6.45) is 0.648. The molecule has 1 rings (SSSR count). The van der Waals surface area contributed by atoms with Crippen LogP contribution < -0.4 is 5.73 Å². The lowest BCUT2D eigenvalue weighted by Crippen LogP contribution is -2.60. The number of nitrogens with zero attached hydrogens (tertiary/aromatic N) is 4. The normalized spacial score (nSPS) is 28.1. The Morgan fingerprint density at radius 1 is 1.62 bits per heavy atom. The minimum Gasteiger partial charge on any atom is -0.737 e. The van der Waals surface area contributed by atoms with Gasteiger partial charge in [0.2, 0.25) is 0 Å². The Morgan fingerprint density at radius 3 is 2.81 bits per heavy atom. The summed E-state index contributed by atoms with van der Waals surface area (Å²) >= 11 is 0. The molecule has 0 bridgehead atoms. The highest BCUT2D eigenvalue weighted by Crippen LogP contribution is 2.14. The molecule has 0 aromatic carbocycles. The summed E-state index contributed by atoms with van der Waals surface area (Å²) < 4.78 is 0. The first-order chi connectivity index (χ1) is 7.63. The number of hydrazine groups is 1. The first-order valence-corrected chi connectivity index (χ1v) is 5.10. The van der Waals surface area contributed by atoms with Gasteiger partial charge in [-0.05, 0) is 12.2 Å². The van der Waals surface area contributed by atoms with E-state index in [0.29, 0.717) is 32.5 Å². The second kappa shape index (κ2) is 5.61. The third-order valence-corrected chi connectivity index (χ3v) is 2.63. The molecule has 92 valence electrons. The van der Waals surface area contributed by atoms with E-state index in [1.54, 1.807) is 6.92 Å². The van der Waals surface area contributed by atoms with Crippen molar-refractivity contribution in [2.24, 2.45) is 11.0 Å². The topological polar surface area (TPSA) is 111 Å². The maximum atomic E-state index is 11.2. The summed E-state index contributed by atoms with van der Waals surface area (Å²) in [6.45, 7) is 3.88. The van der Waals surface area contributed by atoms with Crippen LogP contribution in [0.1, 0.15) is 6.92 Å². The Balaban J connectivity index is 2.76. The van der Waals surface area contributed by atoms with Crippen molar-refractivity contribution in [2.45, 2.75) is 19.0 Å². The molecule has 0 spiro atoms. The van der Waals surface area contributed by atoms with Crippen LogP contribution >= 0.6 is 0 Å². The lowest BCUT2D eigenvalue weighted by molar-refractivity contribution is -0.705. The maximum absolute atomic E-state index is 11.2. The van der Waals surface area contributed by atoms with Gasteiger partial charge in [0.1, 0.15) is 6.29 Å². The van der Waals surface area contributed by atoms with Crippen LogP contribution in [0.15, 0.2) is 5.28 Å². The van der Waals surface area contributed by atoms with E-state index in [2.05, 4.69) is 5.28 Å². The van der Waals surface area contributed by atoms with E-state index in [4.69, 9.17) is 5.73 Å². The van der Waals surface area contributed by atoms with Gasteiger partial charge < -0.3 is 20.9 Å². The lowest BCUT2D eigenvalue weighted by atomic mass is 10.1. The molecule has 1 aliphatic rings. The van der Waals surface area contributed by atoms with Crippen molar-refractivity contribution in [3.63, 3.8) is 0 Å². The quantitative estimate of drug-likeness (QED) is 0.284. The van der Waals surface area contributed by atoms with Gasteiger partial charge in [-0.1, -0.05) is 0 Å². The van der Waals surface area contributed by atoms with Gasteiger partial charge >= 0.3 is 0 Å². The maximum Gasteiger partial charge on any atom is 0.156 e. The third kappa shape index (κ3) is 2.58. The molecule has 2 unspecified atom stereocenters. The Kier molecular flexibility index (Phi) is 4.44. The fraction of sp³-hybridized carbons (Fsp3) is 0.875. The predicted molar refractivity (Wildman–Crippen MR) is 56.1 cm³/mol. The van der Waals surface area contributed by atoms with E-state index in [-0.39, 0.29) is 11.0 Å². The molecular formula is C8H16N5O3-. The Labute approximate surface area is 93.4 Å². The molecule has 1 aliphatic heterocycles. The van der Waals surface area contributed by atoms with Crippen molar-refractivity contribution in [1.29, 1.82) is 0 Å². The molecule has 2 N–H and O–H groups in total. The van der Waals surface area contributed by atoms with E-state index in [9.17, 15) is 15.2 Å². The molecule has 0 aromatic rings. The zero-order valence-electron chi connectivity index (χ0n) is 9.15. The third-order valence-electron chi connectivity index (χ3n) is 2.63. The fourth-order valence-electron chi connectivity index (χ4n) is 2.02. The minimum absolute atomic E-state index is 0.0521. The standard InChI is InChI=1S/C8H17N5O3/c1-7-4-11(3-2-9)5-8(6-14)12(7)13(16)10-15/h6-8,15H,2-5,9H2,1H3/p-1/b13-10+. The number of rotatable bonds is 4. The molecule has 0 aromatic heterocycles. The van der Waals surface area contributed by atoms with Gasteiger partial charge in [0.25, 0.3) is 0 Å². The Morgan fingerprint density at radius 2 is 2.31 bits per heavy atom. The number of hydrogen-bond donors (Lipinski definition) is 1. The van der Waals surface area contributed by atoms with Crippen LogP contribution in [-0.4, -0.2) is 59.4 Å². The monoisotopic (exact) mass is 230 g/mol. The average Bonchev–Trinajstić information content (AvgIpc) is 2.27. The summed E-state index contributed by atoms with van der Waals surface area (Å²) in [4.78, 5) is 12.8. The molecule has 8 nitrogen and oxygen atoms in total. The highest BCUT2D eigenvalue weighted by atomic mass is 16.6. The van der Waals surface area contributed by atoms with Crippen LogP contribution in [0.5, 0.6) is 0 Å². The SMILES string of the molecule is CC1CN(CCN)CC(C=O)N1/[N+]([O-])=N\[O-]. The largest absolute Gasteiger partial charge is 0.737 e. The van der Waals surface area contributed by atoms with E-state index in [1.807, 2.05) is 4.90 Å². The first kappa shape index (κ1) is 12.7. The molecule has 1 heterocycles. The van der Waals surface area contributed by atoms with Crippen LogP contribution in [0, 0.1) is 10.4 Å². The van der Waals surface area contributed by atoms with E-state index < -0.39 is 6.04 Å². The molecule has 0 radical (unpaired) electrons. The van der Waals surface area contributed by atoms with Crippen LogP contribution in [0.4, 0.5) is 0 Å². The van der Waals surface area contributed by atoms with E-state index >= 15 is 0 Å². The zero-order valence-corrected chi connectivity index (χ0v) is 9.15. The minimum atomic E-state index is -0.648. The number of hydrogen-bond acceptors (Lipinski definition) is 6. The van der Waals surface area contributed by atoms with Crippen LogP contribution in [0.2, 0.25) is 0 Å². The number of aldehydes is 1. The molecule has 1 fully saturated rings. The van der Waals surface area contributed by atoms with Gasteiger partial charge in [-0.15, -0.1) is 5.01 Å². The highest BCUT2D eigenvalue weighted by Gasteiger charge is 2.36. The smallest absolute Gasteiger partial charge is 0.156 e. The Hall–Kier alpha value is -1.41. The molecule has 0 amide bonds. The molecule has 2 atom stereocenters. The molecule has 0 saturated carbocycles. The number of piperazine rings is 1. The second-order valence-electron chi connectivity index (χ2n) is 3.82. The average molecular weight is 230 g/mol. The highest BCUT2D eigenvalue weighted by molar-refractivity contribution is 5.58.